The minimum Gasteiger partial charge on any atom is -0.352 e. The van der Waals surface area contributed by atoms with Crippen LogP contribution in [0, 0.1) is 18.8 Å². The van der Waals surface area contributed by atoms with E-state index in [1.54, 1.807) is 13.0 Å². The molecule has 0 aliphatic carbocycles. The van der Waals surface area contributed by atoms with Crippen molar-refractivity contribution in [3.63, 3.8) is 0 Å². The lowest BCUT2D eigenvalue weighted by Gasteiger charge is -2.17. The molecule has 1 aromatic rings. The highest BCUT2D eigenvalue weighted by molar-refractivity contribution is 9.10. The summed E-state index contributed by atoms with van der Waals surface area (Å²) in [4.78, 5) is 12.2. The van der Waals surface area contributed by atoms with Gasteiger partial charge in [0.2, 0.25) is 0 Å². The highest BCUT2D eigenvalue weighted by Gasteiger charge is 2.21. The van der Waals surface area contributed by atoms with E-state index in [1.807, 2.05) is 6.92 Å². The van der Waals surface area contributed by atoms with Crippen molar-refractivity contribution in [2.24, 2.45) is 11.8 Å². The zero-order chi connectivity index (χ0) is 16.4. The molecule has 0 saturated heterocycles. The van der Waals surface area contributed by atoms with Crippen molar-refractivity contribution in [1.82, 2.24) is 5.32 Å². The molecule has 118 valence electrons. The van der Waals surface area contributed by atoms with E-state index in [1.165, 1.54) is 6.07 Å². The molecule has 0 aliphatic rings. The average Bonchev–Trinajstić information content (AvgIpc) is 2.36. The SMILES string of the molecule is Cc1c(C(=O)NCC(C)C(C)C)cc(Br)cc1S(=O)(=O)Cl. The molecule has 0 radical (unpaired) electrons. The van der Waals surface area contributed by atoms with Gasteiger partial charge in [0, 0.05) is 27.3 Å². The quantitative estimate of drug-likeness (QED) is 0.772. The summed E-state index contributed by atoms with van der Waals surface area (Å²) in [6.07, 6.45) is 0. The van der Waals surface area contributed by atoms with E-state index < -0.39 is 9.05 Å². The molecule has 1 aromatic carbocycles. The van der Waals surface area contributed by atoms with Crippen molar-refractivity contribution in [2.45, 2.75) is 32.6 Å². The second-order valence-electron chi connectivity index (χ2n) is 5.45. The zero-order valence-electron chi connectivity index (χ0n) is 12.4. The maximum atomic E-state index is 12.3. The number of carbonyl (C=O) groups is 1. The molecule has 21 heavy (non-hydrogen) atoms. The first-order valence-electron chi connectivity index (χ1n) is 6.57. The summed E-state index contributed by atoms with van der Waals surface area (Å²) in [7, 11) is 1.51. The molecule has 0 saturated carbocycles. The van der Waals surface area contributed by atoms with Gasteiger partial charge in [0.05, 0.1) is 4.90 Å². The zero-order valence-corrected chi connectivity index (χ0v) is 15.6. The van der Waals surface area contributed by atoms with E-state index in [9.17, 15) is 13.2 Å². The van der Waals surface area contributed by atoms with E-state index in [-0.39, 0.29) is 10.8 Å². The Morgan fingerprint density at radius 1 is 1.33 bits per heavy atom. The maximum absolute atomic E-state index is 12.3. The lowest BCUT2D eigenvalue weighted by atomic mass is 9.98. The Bertz CT molecular complexity index is 644. The number of carbonyl (C=O) groups excluding carboxylic acids is 1. The number of nitrogens with one attached hydrogen (secondary N) is 1. The Hall–Kier alpha value is -0.590. The largest absolute Gasteiger partial charge is 0.352 e. The number of benzene rings is 1. The van der Waals surface area contributed by atoms with Gasteiger partial charge < -0.3 is 5.32 Å². The number of hydrogen-bond donors (Lipinski definition) is 1. The Labute approximate surface area is 138 Å². The third-order valence-corrected chi connectivity index (χ3v) is 5.46. The van der Waals surface area contributed by atoms with Crippen molar-refractivity contribution in [3.05, 3.63) is 27.7 Å². The third kappa shape index (κ3) is 4.97. The minimum atomic E-state index is -3.89. The second-order valence-corrected chi connectivity index (χ2v) is 8.90. The van der Waals surface area contributed by atoms with Crippen LogP contribution in [0.4, 0.5) is 0 Å². The normalized spacial score (nSPS) is 13.3. The first kappa shape index (κ1) is 18.5. The third-order valence-electron chi connectivity index (χ3n) is 3.55. The van der Waals surface area contributed by atoms with Gasteiger partial charge in [-0.2, -0.15) is 0 Å². The molecule has 0 fully saturated rings. The predicted octanol–water partition coefficient (Wildman–Crippen LogP) is 3.71. The van der Waals surface area contributed by atoms with Crippen molar-refractivity contribution in [2.75, 3.05) is 6.54 Å². The summed E-state index contributed by atoms with van der Waals surface area (Å²) < 4.78 is 23.6. The molecule has 0 aliphatic heterocycles. The lowest BCUT2D eigenvalue weighted by Crippen LogP contribution is -2.30. The molecular formula is C14H19BrClNO3S. The predicted molar refractivity (Wildman–Crippen MR) is 88.3 cm³/mol. The fourth-order valence-electron chi connectivity index (χ4n) is 1.73. The molecule has 0 aromatic heterocycles. The van der Waals surface area contributed by atoms with Gasteiger partial charge in [0.1, 0.15) is 0 Å². The van der Waals surface area contributed by atoms with E-state index >= 15 is 0 Å². The summed E-state index contributed by atoms with van der Waals surface area (Å²) >= 11 is 3.21. The molecule has 7 heteroatoms. The molecule has 1 rings (SSSR count). The van der Waals surface area contributed by atoms with Gasteiger partial charge in [-0.25, -0.2) is 8.42 Å². The Kier molecular flexibility index (Phi) is 6.25. The second kappa shape index (κ2) is 7.11. The number of hydrogen-bond acceptors (Lipinski definition) is 3. The lowest BCUT2D eigenvalue weighted by molar-refractivity contribution is 0.0944. The van der Waals surface area contributed by atoms with Crippen molar-refractivity contribution < 1.29 is 13.2 Å². The van der Waals surface area contributed by atoms with Crippen LogP contribution in [0.25, 0.3) is 0 Å². The van der Waals surface area contributed by atoms with Gasteiger partial charge >= 0.3 is 0 Å². The summed E-state index contributed by atoms with van der Waals surface area (Å²) in [6.45, 7) is 8.32. The summed E-state index contributed by atoms with van der Waals surface area (Å²) in [5, 5.41) is 2.83. The molecule has 0 heterocycles. The molecule has 0 bridgehead atoms. The minimum absolute atomic E-state index is 0.0550. The van der Waals surface area contributed by atoms with Crippen LogP contribution in [-0.4, -0.2) is 20.9 Å². The highest BCUT2D eigenvalue weighted by atomic mass is 79.9. The van der Waals surface area contributed by atoms with Gasteiger partial charge in [-0.05, 0) is 36.5 Å². The van der Waals surface area contributed by atoms with Crippen molar-refractivity contribution >= 4 is 41.6 Å². The number of halogens is 2. The maximum Gasteiger partial charge on any atom is 0.261 e. The van der Waals surface area contributed by atoms with E-state index in [0.717, 1.165) is 0 Å². The van der Waals surface area contributed by atoms with Gasteiger partial charge in [-0.1, -0.05) is 36.7 Å². The highest BCUT2D eigenvalue weighted by Crippen LogP contribution is 2.27. The van der Waals surface area contributed by atoms with Crippen LogP contribution < -0.4 is 5.32 Å². The monoisotopic (exact) mass is 395 g/mol. The van der Waals surface area contributed by atoms with Gasteiger partial charge in [0.25, 0.3) is 15.0 Å². The van der Waals surface area contributed by atoms with Crippen LogP contribution in [0.3, 0.4) is 0 Å². The van der Waals surface area contributed by atoms with E-state index in [2.05, 4.69) is 35.1 Å². The molecule has 1 amide bonds. The molecule has 0 spiro atoms. The molecule has 1 N–H and O–H groups in total. The van der Waals surface area contributed by atoms with Crippen LogP contribution in [0.15, 0.2) is 21.5 Å². The summed E-state index contributed by atoms with van der Waals surface area (Å²) in [6, 6.07) is 2.99. The topological polar surface area (TPSA) is 63.2 Å². The number of amides is 1. The van der Waals surface area contributed by atoms with Crippen LogP contribution in [0.1, 0.15) is 36.7 Å². The fourth-order valence-corrected chi connectivity index (χ4v) is 3.56. The first-order valence-corrected chi connectivity index (χ1v) is 9.67. The van der Waals surface area contributed by atoms with Crippen LogP contribution >= 0.6 is 26.6 Å². The van der Waals surface area contributed by atoms with Gasteiger partial charge in [-0.3, -0.25) is 4.79 Å². The van der Waals surface area contributed by atoms with E-state index in [4.69, 9.17) is 10.7 Å². The molecular weight excluding hydrogens is 378 g/mol. The standard InChI is InChI=1S/C14H19BrClNO3S/c1-8(2)9(3)7-17-14(18)12-5-11(15)6-13(10(12)4)21(16,19)20/h5-6,8-9H,7H2,1-4H3,(H,17,18). The fraction of sp³-hybridized carbons (Fsp3) is 0.500. The Balaban J connectivity index is 3.08. The first-order chi connectivity index (χ1) is 9.54. The summed E-state index contributed by atoms with van der Waals surface area (Å²) in [5.41, 5.74) is 0.655. The van der Waals surface area contributed by atoms with Gasteiger partial charge in [0.15, 0.2) is 0 Å². The molecule has 1 unspecified atom stereocenters. The number of rotatable bonds is 5. The smallest absolute Gasteiger partial charge is 0.261 e. The Morgan fingerprint density at radius 3 is 2.38 bits per heavy atom. The van der Waals surface area contributed by atoms with Crippen LogP contribution in [-0.2, 0) is 9.05 Å². The average molecular weight is 397 g/mol. The van der Waals surface area contributed by atoms with Crippen molar-refractivity contribution in [3.8, 4) is 0 Å². The van der Waals surface area contributed by atoms with Crippen LogP contribution in [0.5, 0.6) is 0 Å². The van der Waals surface area contributed by atoms with E-state index in [0.29, 0.717) is 34.0 Å². The molecule has 4 nitrogen and oxygen atoms in total. The van der Waals surface area contributed by atoms with Crippen molar-refractivity contribution in [1.29, 1.82) is 0 Å². The van der Waals surface area contributed by atoms with Crippen LogP contribution in [0.2, 0.25) is 0 Å². The van der Waals surface area contributed by atoms with Gasteiger partial charge in [-0.15, -0.1) is 0 Å². The summed E-state index contributed by atoms with van der Waals surface area (Å²) in [5.74, 6) is 0.480. The molecule has 1 atom stereocenters. The Morgan fingerprint density at radius 2 is 1.90 bits per heavy atom.